The van der Waals surface area contributed by atoms with E-state index in [0.29, 0.717) is 19.0 Å². The molecule has 0 bridgehead atoms. The molecule has 58 valence electrons. The average Bonchev–Trinajstić information content (AvgIpc) is 2.13. The Labute approximate surface area is 59.6 Å². The van der Waals surface area contributed by atoms with E-state index in [-0.39, 0.29) is 6.04 Å². The zero-order chi connectivity index (χ0) is 7.72. The number of nitrogens with two attached hydrogens (primary N) is 1. The Kier molecular flexibility index (Phi) is 1.80. The predicted molar refractivity (Wildman–Crippen MR) is 36.7 cm³/mol. The molecule has 0 saturated carbocycles. The Morgan fingerprint density at radius 3 is 2.50 bits per heavy atom. The van der Waals surface area contributed by atoms with Gasteiger partial charge in [0.25, 0.3) is 0 Å². The summed E-state index contributed by atoms with van der Waals surface area (Å²) in [5.74, 6) is 0.302. The molecule has 0 aromatic heterocycles. The third kappa shape index (κ3) is 1.21. The van der Waals surface area contributed by atoms with Gasteiger partial charge in [0.1, 0.15) is 0 Å². The van der Waals surface area contributed by atoms with Gasteiger partial charge in [0.15, 0.2) is 0 Å². The molecule has 1 aliphatic heterocycles. The second-order valence-electron chi connectivity index (χ2n) is 2.83. The lowest BCUT2D eigenvalue weighted by Gasteiger charge is -2.08. The van der Waals surface area contributed by atoms with Crippen molar-refractivity contribution in [2.45, 2.75) is 13.0 Å². The van der Waals surface area contributed by atoms with E-state index in [1.807, 2.05) is 6.92 Å². The summed E-state index contributed by atoms with van der Waals surface area (Å²) >= 11 is 0. The van der Waals surface area contributed by atoms with Gasteiger partial charge < -0.3 is 15.7 Å². The van der Waals surface area contributed by atoms with Crippen molar-refractivity contribution in [1.82, 2.24) is 4.90 Å². The number of carboxylic acid groups (broad SMARTS) is 1. The summed E-state index contributed by atoms with van der Waals surface area (Å²) in [7, 11) is 0. The van der Waals surface area contributed by atoms with Crippen LogP contribution in [0.4, 0.5) is 4.79 Å². The molecule has 1 aliphatic rings. The number of likely N-dealkylation sites (tertiary alicyclic amines) is 1. The minimum atomic E-state index is -0.861. The summed E-state index contributed by atoms with van der Waals surface area (Å²) in [4.78, 5) is 11.7. The molecule has 0 aliphatic carbocycles. The van der Waals surface area contributed by atoms with Crippen LogP contribution in [-0.2, 0) is 0 Å². The topological polar surface area (TPSA) is 66.6 Å². The van der Waals surface area contributed by atoms with Crippen LogP contribution in [0.3, 0.4) is 0 Å². The van der Waals surface area contributed by atoms with E-state index < -0.39 is 6.09 Å². The van der Waals surface area contributed by atoms with Crippen molar-refractivity contribution >= 4 is 6.09 Å². The quantitative estimate of drug-likeness (QED) is 0.500. The number of hydrogen-bond acceptors (Lipinski definition) is 2. The summed E-state index contributed by atoms with van der Waals surface area (Å²) < 4.78 is 0. The van der Waals surface area contributed by atoms with Gasteiger partial charge in [-0.05, 0) is 5.92 Å². The number of nitrogens with zero attached hydrogens (tertiary/aromatic N) is 1. The molecule has 2 atom stereocenters. The van der Waals surface area contributed by atoms with Crippen molar-refractivity contribution < 1.29 is 9.90 Å². The normalized spacial score (nSPS) is 32.8. The molecule has 3 N–H and O–H groups in total. The fraction of sp³-hybridized carbons (Fsp3) is 0.833. The van der Waals surface area contributed by atoms with Crippen molar-refractivity contribution in [2.75, 3.05) is 13.1 Å². The van der Waals surface area contributed by atoms with Crippen LogP contribution in [0.1, 0.15) is 6.92 Å². The Morgan fingerprint density at radius 1 is 1.70 bits per heavy atom. The van der Waals surface area contributed by atoms with Crippen LogP contribution >= 0.6 is 0 Å². The first-order valence-corrected chi connectivity index (χ1v) is 3.34. The third-order valence-electron chi connectivity index (χ3n) is 1.94. The van der Waals surface area contributed by atoms with E-state index in [1.165, 1.54) is 4.90 Å². The minimum Gasteiger partial charge on any atom is -0.465 e. The van der Waals surface area contributed by atoms with Crippen LogP contribution in [-0.4, -0.2) is 35.2 Å². The van der Waals surface area contributed by atoms with Crippen LogP contribution in [0.15, 0.2) is 0 Å². The fourth-order valence-corrected chi connectivity index (χ4v) is 1.15. The summed E-state index contributed by atoms with van der Waals surface area (Å²) in [6.07, 6.45) is -0.861. The second-order valence-corrected chi connectivity index (χ2v) is 2.83. The summed E-state index contributed by atoms with van der Waals surface area (Å²) in [5.41, 5.74) is 5.60. The maximum atomic E-state index is 10.4. The standard InChI is InChI=1S/C6H12N2O2/c1-4-2-8(6(9)10)3-5(4)7/h4-5H,2-3,7H2,1H3,(H,9,10)/t4-,5-/m0/s1. The highest BCUT2D eigenvalue weighted by molar-refractivity contribution is 5.65. The van der Waals surface area contributed by atoms with Crippen LogP contribution in [0.5, 0.6) is 0 Å². The van der Waals surface area contributed by atoms with E-state index in [2.05, 4.69) is 0 Å². The van der Waals surface area contributed by atoms with Gasteiger partial charge in [-0.1, -0.05) is 6.92 Å². The Balaban J connectivity index is 2.49. The highest BCUT2D eigenvalue weighted by Crippen LogP contribution is 2.13. The zero-order valence-corrected chi connectivity index (χ0v) is 5.95. The van der Waals surface area contributed by atoms with Crippen molar-refractivity contribution in [3.05, 3.63) is 0 Å². The highest BCUT2D eigenvalue weighted by atomic mass is 16.4. The zero-order valence-electron chi connectivity index (χ0n) is 5.95. The van der Waals surface area contributed by atoms with Crippen LogP contribution in [0.25, 0.3) is 0 Å². The average molecular weight is 144 g/mol. The van der Waals surface area contributed by atoms with Crippen molar-refractivity contribution in [2.24, 2.45) is 11.7 Å². The van der Waals surface area contributed by atoms with Gasteiger partial charge in [-0.2, -0.15) is 0 Å². The molecular weight excluding hydrogens is 132 g/mol. The molecule has 1 fully saturated rings. The van der Waals surface area contributed by atoms with E-state index in [4.69, 9.17) is 10.8 Å². The van der Waals surface area contributed by atoms with Gasteiger partial charge in [0, 0.05) is 19.1 Å². The molecule has 4 nitrogen and oxygen atoms in total. The lowest BCUT2D eigenvalue weighted by Crippen LogP contribution is -2.30. The maximum Gasteiger partial charge on any atom is 0.407 e. The molecule has 4 heteroatoms. The molecule has 10 heavy (non-hydrogen) atoms. The minimum absolute atomic E-state index is 0.0242. The SMILES string of the molecule is C[C@H]1CN(C(=O)O)C[C@@H]1N. The van der Waals surface area contributed by atoms with E-state index >= 15 is 0 Å². The Morgan fingerprint density at radius 2 is 2.30 bits per heavy atom. The smallest absolute Gasteiger partial charge is 0.407 e. The molecule has 0 spiro atoms. The molecule has 1 saturated heterocycles. The molecule has 0 aromatic carbocycles. The molecule has 1 amide bonds. The maximum absolute atomic E-state index is 10.4. The van der Waals surface area contributed by atoms with Gasteiger partial charge in [-0.15, -0.1) is 0 Å². The van der Waals surface area contributed by atoms with Gasteiger partial charge in [0.2, 0.25) is 0 Å². The number of amides is 1. The van der Waals surface area contributed by atoms with Crippen molar-refractivity contribution in [3.8, 4) is 0 Å². The second kappa shape index (κ2) is 2.46. The monoisotopic (exact) mass is 144 g/mol. The summed E-state index contributed by atoms with van der Waals surface area (Å²) in [5, 5.41) is 8.52. The number of hydrogen-bond donors (Lipinski definition) is 2. The fourth-order valence-electron chi connectivity index (χ4n) is 1.15. The Hall–Kier alpha value is -0.770. The van der Waals surface area contributed by atoms with Gasteiger partial charge >= 0.3 is 6.09 Å². The van der Waals surface area contributed by atoms with Gasteiger partial charge in [0.05, 0.1) is 0 Å². The Bertz CT molecular complexity index is 139. The van der Waals surface area contributed by atoms with Crippen molar-refractivity contribution in [3.63, 3.8) is 0 Å². The largest absolute Gasteiger partial charge is 0.465 e. The third-order valence-corrected chi connectivity index (χ3v) is 1.94. The highest BCUT2D eigenvalue weighted by Gasteiger charge is 2.29. The number of carbonyl (C=O) groups is 1. The number of rotatable bonds is 0. The summed E-state index contributed by atoms with van der Waals surface area (Å²) in [6.45, 7) is 3.03. The first-order valence-electron chi connectivity index (χ1n) is 3.34. The molecule has 0 aromatic rings. The van der Waals surface area contributed by atoms with Crippen LogP contribution in [0, 0.1) is 5.92 Å². The molecule has 1 heterocycles. The lowest BCUT2D eigenvalue weighted by molar-refractivity contribution is 0.154. The molecule has 0 unspecified atom stereocenters. The van der Waals surface area contributed by atoms with Gasteiger partial charge in [-0.25, -0.2) is 4.79 Å². The van der Waals surface area contributed by atoms with Crippen LogP contribution < -0.4 is 5.73 Å². The van der Waals surface area contributed by atoms with Crippen LogP contribution in [0.2, 0.25) is 0 Å². The first kappa shape index (κ1) is 7.34. The van der Waals surface area contributed by atoms with E-state index in [1.54, 1.807) is 0 Å². The van der Waals surface area contributed by atoms with Crippen molar-refractivity contribution in [1.29, 1.82) is 0 Å². The van der Waals surface area contributed by atoms with E-state index in [0.717, 1.165) is 0 Å². The lowest BCUT2D eigenvalue weighted by atomic mass is 10.1. The predicted octanol–water partition coefficient (Wildman–Crippen LogP) is -0.0566. The molecule has 1 rings (SSSR count). The summed E-state index contributed by atoms with van der Waals surface area (Å²) in [6, 6.07) is 0.0242. The molecule has 0 radical (unpaired) electrons. The molecular formula is C6H12N2O2. The first-order chi connectivity index (χ1) is 4.61. The van der Waals surface area contributed by atoms with E-state index in [9.17, 15) is 4.79 Å². The van der Waals surface area contributed by atoms with Gasteiger partial charge in [-0.3, -0.25) is 0 Å².